The number of piperidine rings is 2. The van der Waals surface area contributed by atoms with Gasteiger partial charge in [-0.2, -0.15) is 36.9 Å². The summed E-state index contributed by atoms with van der Waals surface area (Å²) in [6, 6.07) is 13.7. The average Bonchev–Trinajstić information content (AvgIpc) is 4.27. The number of methoxy groups -OCH3 is 3. The minimum atomic E-state index is -4.64. The number of carbonyl (C=O) groups excluding carboxylic acids is 5. The lowest BCUT2D eigenvalue weighted by Gasteiger charge is -2.40. The Morgan fingerprint density at radius 3 is 1.41 bits per heavy atom. The number of nitriles is 2. The summed E-state index contributed by atoms with van der Waals surface area (Å²) in [7, 11) is 3.64. The lowest BCUT2D eigenvalue weighted by atomic mass is 9.84. The van der Waals surface area contributed by atoms with E-state index in [4.69, 9.17) is 25.8 Å². The Hall–Kier alpha value is -8.66. The summed E-state index contributed by atoms with van der Waals surface area (Å²) in [5.74, 6) is -5.70. The van der Waals surface area contributed by atoms with Gasteiger partial charge in [0.25, 0.3) is 0 Å². The highest BCUT2D eigenvalue weighted by Gasteiger charge is 2.44. The molecule has 10 rings (SSSR count). The van der Waals surface area contributed by atoms with E-state index < -0.39 is 47.8 Å². The van der Waals surface area contributed by atoms with Crippen LogP contribution in [0.25, 0.3) is 21.8 Å². The SMILES string of the molecule is COC(=O)c1ccc2nc(C(=O)OC)c(C#N)c(N3CC[C@H](C(=O)N4CCn5c(nnc5C(F)(F)F)C4)[C@H](C)C3)c2c1.COC(=O)c1nc2ccc(Cl)cc2c(N2CC[C@H](C(=O)N3CCn4c(nnc4C(F)(F)F)C3)[C@H](C)C2)c1C#N. The molecule has 2 amide bonds. The van der Waals surface area contributed by atoms with Crippen LogP contribution in [0.15, 0.2) is 36.4 Å². The number of pyridine rings is 2. The van der Waals surface area contributed by atoms with Gasteiger partial charge in [-0.1, -0.05) is 25.4 Å². The predicted molar refractivity (Wildman–Crippen MR) is 272 cm³/mol. The number of esters is 3. The Kier molecular flexibility index (Phi) is 15.8. The van der Waals surface area contributed by atoms with Gasteiger partial charge in [-0.15, -0.1) is 20.4 Å². The number of benzene rings is 2. The topological polar surface area (TPSA) is 261 Å². The maximum atomic E-state index is 13.5. The summed E-state index contributed by atoms with van der Waals surface area (Å²) in [6.07, 6.45) is -8.45. The molecule has 6 aromatic rings. The summed E-state index contributed by atoms with van der Waals surface area (Å²) in [4.78, 5) is 79.8. The van der Waals surface area contributed by atoms with Crippen LogP contribution in [-0.2, 0) is 62.3 Å². The molecule has 0 bridgehead atoms. The molecule has 4 atom stereocenters. The molecule has 4 aliphatic rings. The first-order chi connectivity index (χ1) is 38.5. The molecule has 2 aromatic carbocycles. The van der Waals surface area contributed by atoms with Crippen molar-refractivity contribution in [2.45, 2.75) is 65.2 Å². The second-order valence-corrected chi connectivity index (χ2v) is 20.2. The molecule has 81 heavy (non-hydrogen) atoms. The molecule has 0 radical (unpaired) electrons. The maximum Gasteiger partial charge on any atom is 0.451 e. The molecule has 29 heteroatoms. The van der Waals surface area contributed by atoms with Crippen LogP contribution in [0.2, 0.25) is 5.02 Å². The summed E-state index contributed by atoms with van der Waals surface area (Å²) in [5.41, 5.74) is 1.70. The number of fused-ring (bicyclic) bond motifs is 4. The highest BCUT2D eigenvalue weighted by Crippen LogP contribution is 2.41. The fourth-order valence-corrected chi connectivity index (χ4v) is 11.3. The van der Waals surface area contributed by atoms with Crippen LogP contribution in [-0.4, -0.2) is 140 Å². The fourth-order valence-electron chi connectivity index (χ4n) is 11.1. The molecule has 4 aromatic heterocycles. The van der Waals surface area contributed by atoms with E-state index >= 15 is 0 Å². The van der Waals surface area contributed by atoms with Gasteiger partial charge in [0, 0.05) is 80.0 Å². The average molecular weight is 1150 g/mol. The van der Waals surface area contributed by atoms with Gasteiger partial charge in [-0.25, -0.2) is 24.4 Å². The van der Waals surface area contributed by atoms with E-state index in [0.717, 1.165) is 9.13 Å². The predicted octanol–water partition coefficient (Wildman–Crippen LogP) is 6.46. The number of nitrogens with zero attached hydrogens (tertiary/aromatic N) is 14. The third-order valence-electron chi connectivity index (χ3n) is 15.0. The van der Waals surface area contributed by atoms with Crippen LogP contribution in [0.5, 0.6) is 0 Å². The standard InChI is InChI=1S/C27H26F3N7O5.C25H23ClF3N7O3/c1-14-12-35(7-6-16(14)23(38)36-8-9-37-20(13-36)33-34-26(37)27(28,29)30)22-17-10-15(24(39)41-2)4-5-19(17)32-21(18(22)11-31)25(40)42-3;1-13-11-34(21-16-9-14(26)3-4-18(16)31-20(17(21)10-30)23(38)39-2)6-5-15(13)22(37)35-7-8-36-19(12-35)32-33-24(36)25(27,28)29/h4-5,10,14,16H,6-9,12-13H2,1-3H3;3-4,9,13,15H,5-8,11-12H2,1-2H3/t14-,16+;13-,15+/m11/s1. The first-order valence-corrected chi connectivity index (χ1v) is 25.6. The molecule has 0 unspecified atom stereocenters. The minimum absolute atomic E-state index is 0.0239. The van der Waals surface area contributed by atoms with Crippen molar-refractivity contribution >= 4 is 74.5 Å². The highest BCUT2D eigenvalue weighted by atomic mass is 35.5. The van der Waals surface area contributed by atoms with E-state index in [2.05, 4.69) is 42.5 Å². The summed E-state index contributed by atoms with van der Waals surface area (Å²) in [5, 5.41) is 35.5. The highest BCUT2D eigenvalue weighted by molar-refractivity contribution is 6.31. The van der Waals surface area contributed by atoms with Crippen molar-refractivity contribution in [3.05, 3.63) is 92.8 Å². The molecule has 0 saturated carbocycles. The number of rotatable bonds is 7. The van der Waals surface area contributed by atoms with Crippen molar-refractivity contribution in [2.75, 3.05) is 70.4 Å². The number of aromatic nitrogens is 8. The first kappa shape index (κ1) is 57.0. The third kappa shape index (κ3) is 10.9. The smallest absolute Gasteiger partial charge is 0.451 e. The molecule has 0 aliphatic carbocycles. The zero-order valence-electron chi connectivity index (χ0n) is 43.9. The lowest BCUT2D eigenvalue weighted by Crippen LogP contribution is -2.49. The zero-order chi connectivity index (χ0) is 58.4. The normalized spacial score (nSPS) is 19.1. The Bertz CT molecular complexity index is 3610. The molecule has 4 aliphatic heterocycles. The second kappa shape index (κ2) is 22.5. The number of carbonyl (C=O) groups is 5. The van der Waals surface area contributed by atoms with Crippen molar-refractivity contribution in [1.82, 2.24) is 49.3 Å². The van der Waals surface area contributed by atoms with Crippen LogP contribution in [0.3, 0.4) is 0 Å². The number of anilines is 2. The second-order valence-electron chi connectivity index (χ2n) is 19.8. The Morgan fingerprint density at radius 1 is 0.593 bits per heavy atom. The largest absolute Gasteiger partial charge is 0.465 e. The number of halogens is 7. The van der Waals surface area contributed by atoms with Gasteiger partial charge in [0.05, 0.1) is 62.4 Å². The van der Waals surface area contributed by atoms with Crippen molar-refractivity contribution in [3.63, 3.8) is 0 Å². The van der Waals surface area contributed by atoms with Crippen molar-refractivity contribution in [1.29, 1.82) is 10.5 Å². The van der Waals surface area contributed by atoms with E-state index in [9.17, 15) is 60.8 Å². The van der Waals surface area contributed by atoms with Crippen molar-refractivity contribution < 1.29 is 64.5 Å². The summed E-state index contributed by atoms with van der Waals surface area (Å²) < 4.78 is 95.8. The Balaban J connectivity index is 0.000000196. The van der Waals surface area contributed by atoms with Crippen LogP contribution < -0.4 is 9.80 Å². The van der Waals surface area contributed by atoms with Gasteiger partial charge in [-0.05, 0) is 61.1 Å². The van der Waals surface area contributed by atoms with E-state index in [1.54, 1.807) is 30.3 Å². The third-order valence-corrected chi connectivity index (χ3v) is 15.2. The van der Waals surface area contributed by atoms with E-state index in [1.165, 1.54) is 37.2 Å². The lowest BCUT2D eigenvalue weighted by molar-refractivity contribution is -0.149. The molecule has 8 heterocycles. The van der Waals surface area contributed by atoms with Gasteiger partial charge >= 0.3 is 30.3 Å². The van der Waals surface area contributed by atoms with Gasteiger partial charge < -0.3 is 42.9 Å². The maximum absolute atomic E-state index is 13.5. The molecular formula is C52H49ClF6N14O8. The number of hydrogen-bond acceptors (Lipinski definition) is 18. The molecule has 424 valence electrons. The van der Waals surface area contributed by atoms with Crippen LogP contribution in [0.1, 0.15) is 92.4 Å². The number of alkyl halides is 6. The molecule has 0 N–H and O–H groups in total. The minimum Gasteiger partial charge on any atom is -0.465 e. The van der Waals surface area contributed by atoms with Crippen molar-refractivity contribution in [2.24, 2.45) is 23.7 Å². The Morgan fingerprint density at radius 2 is 1.01 bits per heavy atom. The van der Waals surface area contributed by atoms with E-state index in [0.29, 0.717) is 77.2 Å². The number of ether oxygens (including phenoxy) is 3. The van der Waals surface area contributed by atoms with Crippen LogP contribution >= 0.6 is 11.6 Å². The molecular weight excluding hydrogens is 1100 g/mol. The molecule has 2 fully saturated rings. The molecule has 22 nitrogen and oxygen atoms in total. The van der Waals surface area contributed by atoms with Gasteiger partial charge in [0.2, 0.25) is 23.5 Å². The fraction of sp³-hybridized carbons (Fsp3) is 0.442. The monoisotopic (exact) mass is 1150 g/mol. The number of hydrogen-bond donors (Lipinski definition) is 0. The van der Waals surface area contributed by atoms with Crippen molar-refractivity contribution in [3.8, 4) is 12.1 Å². The first-order valence-electron chi connectivity index (χ1n) is 25.2. The van der Waals surface area contributed by atoms with Gasteiger partial charge in [-0.3, -0.25) is 9.59 Å². The van der Waals surface area contributed by atoms with Crippen LogP contribution in [0, 0.1) is 46.3 Å². The molecule has 2 saturated heterocycles. The molecule has 0 spiro atoms. The quantitative estimate of drug-likeness (QED) is 0.0944. The van der Waals surface area contributed by atoms with Crippen LogP contribution in [0.4, 0.5) is 37.7 Å². The van der Waals surface area contributed by atoms with E-state index in [-0.39, 0.29) is 109 Å². The Labute approximate surface area is 461 Å². The van der Waals surface area contributed by atoms with E-state index in [1.807, 2.05) is 23.6 Å². The van der Waals surface area contributed by atoms with Gasteiger partial charge in [0.15, 0.2) is 23.0 Å². The summed E-state index contributed by atoms with van der Waals surface area (Å²) >= 11 is 6.25. The summed E-state index contributed by atoms with van der Waals surface area (Å²) in [6.45, 7) is 5.17. The van der Waals surface area contributed by atoms with Gasteiger partial charge in [0.1, 0.15) is 23.3 Å². The zero-order valence-corrected chi connectivity index (χ0v) is 44.7. The number of amides is 2.